The zero-order valence-electron chi connectivity index (χ0n) is 21.9. The fourth-order valence-electron chi connectivity index (χ4n) is 4.65. The van der Waals surface area contributed by atoms with Crippen LogP contribution < -0.4 is 5.32 Å². The van der Waals surface area contributed by atoms with Crippen molar-refractivity contribution in [2.45, 2.75) is 37.1 Å². The van der Waals surface area contributed by atoms with Gasteiger partial charge in [-0.25, -0.2) is 13.1 Å². The Hall–Kier alpha value is -4.46. The first kappa shape index (κ1) is 27.1. The molecule has 2 aromatic carbocycles. The van der Waals surface area contributed by atoms with Gasteiger partial charge in [-0.3, -0.25) is 4.79 Å². The van der Waals surface area contributed by atoms with Gasteiger partial charge in [-0.05, 0) is 55.3 Å². The van der Waals surface area contributed by atoms with Crippen molar-refractivity contribution < 1.29 is 17.6 Å². The molecular formula is C30H29N5O4S. The van der Waals surface area contributed by atoms with Crippen molar-refractivity contribution in [3.05, 3.63) is 96.1 Å². The Morgan fingerprint density at radius 2 is 1.80 bits per heavy atom. The number of furan rings is 1. The van der Waals surface area contributed by atoms with Crippen molar-refractivity contribution in [2.75, 3.05) is 13.1 Å². The van der Waals surface area contributed by atoms with Gasteiger partial charge in [0, 0.05) is 30.4 Å². The first-order valence-electron chi connectivity index (χ1n) is 13.1. The number of carbonyl (C=O) groups is 1. The molecule has 1 amide bonds. The minimum Gasteiger partial charge on any atom is -0.467 e. The highest BCUT2D eigenvalue weighted by Gasteiger charge is 2.26. The summed E-state index contributed by atoms with van der Waals surface area (Å²) in [4.78, 5) is 13.0. The maximum Gasteiger partial charge on any atom is 0.262 e. The number of nitrogens with one attached hydrogen (secondary N) is 1. The quantitative estimate of drug-likeness (QED) is 0.243. The largest absolute Gasteiger partial charge is 0.467 e. The van der Waals surface area contributed by atoms with E-state index in [1.165, 1.54) is 12.3 Å². The summed E-state index contributed by atoms with van der Waals surface area (Å²) in [5, 5.41) is 17.2. The van der Waals surface area contributed by atoms with Crippen LogP contribution in [-0.4, -0.2) is 41.5 Å². The van der Waals surface area contributed by atoms with Crippen molar-refractivity contribution in [1.82, 2.24) is 19.4 Å². The summed E-state index contributed by atoms with van der Waals surface area (Å²) in [6, 6.07) is 21.5. The Morgan fingerprint density at radius 3 is 2.50 bits per heavy atom. The van der Waals surface area contributed by atoms with Gasteiger partial charge in [0.05, 0.1) is 23.4 Å². The number of hydrogen-bond donors (Lipinski definition) is 1. The number of benzene rings is 2. The number of nitriles is 1. The number of para-hydroxylation sites is 1. The Kier molecular flexibility index (Phi) is 8.24. The first-order chi connectivity index (χ1) is 19.5. The molecular weight excluding hydrogens is 526 g/mol. The second-order valence-corrected chi connectivity index (χ2v) is 11.4. The third-order valence-corrected chi connectivity index (χ3v) is 8.64. The van der Waals surface area contributed by atoms with Crippen LogP contribution in [0.4, 0.5) is 0 Å². The average molecular weight is 556 g/mol. The summed E-state index contributed by atoms with van der Waals surface area (Å²) in [7, 11) is -3.69. The van der Waals surface area contributed by atoms with E-state index in [0.29, 0.717) is 35.7 Å². The predicted molar refractivity (Wildman–Crippen MR) is 150 cm³/mol. The predicted octanol–water partition coefficient (Wildman–Crippen LogP) is 4.92. The average Bonchev–Trinajstić information content (AvgIpc) is 3.57. The van der Waals surface area contributed by atoms with Gasteiger partial charge >= 0.3 is 0 Å². The molecule has 10 heteroatoms. The fourth-order valence-corrected chi connectivity index (χ4v) is 6.21. The fraction of sp³-hybridized carbons (Fsp3) is 0.233. The normalized spacial score (nSPS) is 14.8. The topological polar surface area (TPSA) is 121 Å². The van der Waals surface area contributed by atoms with Gasteiger partial charge in [0.15, 0.2) is 0 Å². The summed E-state index contributed by atoms with van der Waals surface area (Å²) in [5.74, 6) is 0.000428. The molecule has 204 valence electrons. The lowest BCUT2D eigenvalue weighted by Gasteiger charge is -2.20. The van der Waals surface area contributed by atoms with Gasteiger partial charge in [0.2, 0.25) is 10.0 Å². The number of amides is 1. The van der Waals surface area contributed by atoms with Crippen molar-refractivity contribution >= 4 is 22.0 Å². The highest BCUT2D eigenvalue weighted by molar-refractivity contribution is 7.89. The third kappa shape index (κ3) is 6.06. The van der Waals surface area contributed by atoms with Gasteiger partial charge in [0.1, 0.15) is 23.1 Å². The summed E-state index contributed by atoms with van der Waals surface area (Å²) in [6.07, 6.45) is 8.42. The van der Waals surface area contributed by atoms with Gasteiger partial charge in [-0.2, -0.15) is 14.7 Å². The van der Waals surface area contributed by atoms with Crippen LogP contribution >= 0.6 is 0 Å². The van der Waals surface area contributed by atoms with Crippen LogP contribution in [0.15, 0.2) is 94.1 Å². The highest BCUT2D eigenvalue weighted by atomic mass is 32.2. The second kappa shape index (κ2) is 12.2. The standard InChI is InChI=1S/C30H29N5O4S/c31-20-24(30(36)32-21-27-13-9-17-39-27)18-25-22-35(26-11-4-3-5-12-26)33-29(25)23-10-8-14-28(19-23)40(37,38)34-15-6-1-2-7-16-34/h3-5,8-14,17-19,22H,1-2,6-7,15-16,21H2,(H,32,36)/b24-18+. The molecule has 0 radical (unpaired) electrons. The smallest absolute Gasteiger partial charge is 0.262 e. The number of carbonyl (C=O) groups excluding carboxylic acids is 1. The molecule has 0 aliphatic carbocycles. The lowest BCUT2D eigenvalue weighted by Crippen LogP contribution is -2.31. The lowest BCUT2D eigenvalue weighted by molar-refractivity contribution is -0.117. The minimum absolute atomic E-state index is 0.117. The van der Waals surface area contributed by atoms with Crippen LogP contribution in [0.25, 0.3) is 23.0 Å². The van der Waals surface area contributed by atoms with Gasteiger partial charge in [-0.15, -0.1) is 0 Å². The van der Waals surface area contributed by atoms with Crippen LogP contribution in [0.2, 0.25) is 0 Å². The molecule has 1 aliphatic rings. The zero-order valence-corrected chi connectivity index (χ0v) is 22.7. The van der Waals surface area contributed by atoms with E-state index in [-0.39, 0.29) is 17.0 Å². The van der Waals surface area contributed by atoms with Crippen LogP contribution in [0.1, 0.15) is 37.0 Å². The van der Waals surface area contributed by atoms with Gasteiger partial charge in [0.25, 0.3) is 5.91 Å². The Morgan fingerprint density at radius 1 is 1.02 bits per heavy atom. The van der Waals surface area contributed by atoms with Crippen LogP contribution in [0, 0.1) is 11.3 Å². The van der Waals surface area contributed by atoms with E-state index < -0.39 is 15.9 Å². The SMILES string of the molecule is N#C/C(=C\c1cn(-c2ccccc2)nc1-c1cccc(S(=O)(=O)N2CCCCCC2)c1)C(=O)NCc1ccco1. The molecule has 1 fully saturated rings. The molecule has 1 saturated heterocycles. The van der Waals surface area contributed by atoms with Gasteiger partial charge < -0.3 is 9.73 Å². The van der Waals surface area contributed by atoms with Crippen molar-refractivity contribution in [3.8, 4) is 23.0 Å². The molecule has 3 heterocycles. The second-order valence-electron chi connectivity index (χ2n) is 9.49. The molecule has 0 saturated carbocycles. The maximum absolute atomic E-state index is 13.5. The van der Waals surface area contributed by atoms with E-state index >= 15 is 0 Å². The number of aromatic nitrogens is 2. The summed E-state index contributed by atoms with van der Waals surface area (Å²) >= 11 is 0. The number of rotatable bonds is 8. The van der Waals surface area contributed by atoms with Crippen molar-refractivity contribution in [1.29, 1.82) is 5.26 Å². The molecule has 1 N–H and O–H groups in total. The molecule has 2 aromatic heterocycles. The van der Waals surface area contributed by atoms with Crippen LogP contribution in [0.5, 0.6) is 0 Å². The molecule has 0 atom stereocenters. The third-order valence-electron chi connectivity index (χ3n) is 6.74. The number of nitrogens with zero attached hydrogens (tertiary/aromatic N) is 4. The summed E-state index contributed by atoms with van der Waals surface area (Å²) < 4.78 is 35.5. The molecule has 0 bridgehead atoms. The van der Waals surface area contributed by atoms with Crippen molar-refractivity contribution in [3.63, 3.8) is 0 Å². The Balaban J connectivity index is 1.53. The van der Waals surface area contributed by atoms with E-state index in [2.05, 4.69) is 5.32 Å². The molecule has 1 aliphatic heterocycles. The minimum atomic E-state index is -3.69. The van der Waals surface area contributed by atoms with E-state index in [4.69, 9.17) is 9.52 Å². The monoisotopic (exact) mass is 555 g/mol. The van der Waals surface area contributed by atoms with E-state index in [9.17, 15) is 18.5 Å². The van der Waals surface area contributed by atoms with E-state index in [0.717, 1.165) is 31.4 Å². The highest BCUT2D eigenvalue weighted by Crippen LogP contribution is 2.29. The maximum atomic E-state index is 13.5. The molecule has 9 nitrogen and oxygen atoms in total. The van der Waals surface area contributed by atoms with Gasteiger partial charge in [-0.1, -0.05) is 43.2 Å². The van der Waals surface area contributed by atoms with Crippen LogP contribution in [-0.2, 0) is 21.4 Å². The zero-order chi connectivity index (χ0) is 28.0. The van der Waals surface area contributed by atoms with Crippen LogP contribution in [0.3, 0.4) is 0 Å². The van der Waals surface area contributed by atoms with Crippen molar-refractivity contribution in [2.24, 2.45) is 0 Å². The molecule has 4 aromatic rings. The molecule has 40 heavy (non-hydrogen) atoms. The molecule has 5 rings (SSSR count). The molecule has 0 spiro atoms. The first-order valence-corrected chi connectivity index (χ1v) is 14.6. The Labute approximate surface area is 233 Å². The Bertz CT molecular complexity index is 1640. The summed E-state index contributed by atoms with van der Waals surface area (Å²) in [6.45, 7) is 1.14. The molecule has 0 unspecified atom stereocenters. The summed E-state index contributed by atoms with van der Waals surface area (Å²) in [5.41, 5.74) is 2.16. The van der Waals surface area contributed by atoms with E-state index in [1.807, 2.05) is 36.4 Å². The van der Waals surface area contributed by atoms with E-state index in [1.54, 1.807) is 51.6 Å². The number of sulfonamides is 1. The number of hydrogen-bond acceptors (Lipinski definition) is 6. The lowest BCUT2D eigenvalue weighted by atomic mass is 10.1.